The van der Waals surface area contributed by atoms with Crippen molar-refractivity contribution >= 4 is 29.6 Å². The molecule has 0 saturated heterocycles. The van der Waals surface area contributed by atoms with E-state index in [4.69, 9.17) is 27.7 Å². The predicted molar refractivity (Wildman–Crippen MR) is 87.7 cm³/mol. The van der Waals surface area contributed by atoms with Crippen molar-refractivity contribution < 1.29 is 14.7 Å². The van der Waals surface area contributed by atoms with E-state index >= 15 is 0 Å². The molecule has 1 amide bonds. The third-order valence-electron chi connectivity index (χ3n) is 3.13. The fraction of sp³-hybridized carbons (Fsp3) is 0.125. The predicted octanol–water partition coefficient (Wildman–Crippen LogP) is 2.07. The molecule has 7 nitrogen and oxygen atoms in total. The molecule has 0 atom stereocenters. The third kappa shape index (κ3) is 4.21. The van der Waals surface area contributed by atoms with Crippen LogP contribution in [-0.2, 0) is 16.1 Å². The van der Waals surface area contributed by atoms with Crippen LogP contribution in [0.25, 0.3) is 17.3 Å². The van der Waals surface area contributed by atoms with E-state index in [9.17, 15) is 9.59 Å². The summed E-state index contributed by atoms with van der Waals surface area (Å²) in [4.78, 5) is 22.0. The van der Waals surface area contributed by atoms with Crippen LogP contribution in [0.5, 0.6) is 0 Å². The van der Waals surface area contributed by atoms with Gasteiger partial charge in [-0.15, -0.1) is 0 Å². The number of carbonyl (C=O) groups is 2. The third-order valence-corrected chi connectivity index (χ3v) is 3.36. The highest BCUT2D eigenvalue weighted by molar-refractivity contribution is 6.30. The summed E-state index contributed by atoms with van der Waals surface area (Å²) in [7, 11) is 0. The highest BCUT2D eigenvalue weighted by Gasteiger charge is 2.14. The molecule has 24 heavy (non-hydrogen) atoms. The van der Waals surface area contributed by atoms with E-state index in [0.29, 0.717) is 21.8 Å². The molecule has 0 fully saturated rings. The SMILES string of the molecule is N#CC(=Cc1cn(CCC(N)=O)nc1-c1cccc(Cl)c1)C(=O)O. The first-order chi connectivity index (χ1) is 11.4. The van der Waals surface area contributed by atoms with Crippen molar-refractivity contribution in [3.63, 3.8) is 0 Å². The zero-order valence-electron chi connectivity index (χ0n) is 12.4. The molecule has 2 aromatic rings. The van der Waals surface area contributed by atoms with Gasteiger partial charge in [0.05, 0.1) is 5.69 Å². The first kappa shape index (κ1) is 17.2. The van der Waals surface area contributed by atoms with Gasteiger partial charge in [0, 0.05) is 35.3 Å². The number of aryl methyl sites for hydroxylation is 1. The van der Waals surface area contributed by atoms with E-state index in [-0.39, 0.29) is 13.0 Å². The molecule has 0 saturated carbocycles. The highest BCUT2D eigenvalue weighted by Crippen LogP contribution is 2.26. The van der Waals surface area contributed by atoms with Crippen molar-refractivity contribution in [3.05, 3.63) is 46.6 Å². The Morgan fingerprint density at radius 1 is 1.46 bits per heavy atom. The summed E-state index contributed by atoms with van der Waals surface area (Å²) >= 11 is 5.98. The molecule has 1 heterocycles. The Labute approximate surface area is 142 Å². The first-order valence-corrected chi connectivity index (χ1v) is 7.25. The maximum atomic E-state index is 11.1. The number of nitriles is 1. The normalized spacial score (nSPS) is 11.1. The van der Waals surface area contributed by atoms with Gasteiger partial charge in [-0.3, -0.25) is 9.48 Å². The van der Waals surface area contributed by atoms with Gasteiger partial charge in [-0.05, 0) is 18.2 Å². The van der Waals surface area contributed by atoms with Crippen molar-refractivity contribution in [2.75, 3.05) is 0 Å². The second kappa shape index (κ2) is 7.44. The van der Waals surface area contributed by atoms with Crippen LogP contribution in [0.4, 0.5) is 0 Å². The summed E-state index contributed by atoms with van der Waals surface area (Å²) in [6.45, 7) is 0.242. The van der Waals surface area contributed by atoms with Crippen LogP contribution in [-0.4, -0.2) is 26.8 Å². The number of carboxylic acids is 1. The summed E-state index contributed by atoms with van der Waals surface area (Å²) in [5.41, 5.74) is 6.25. The van der Waals surface area contributed by atoms with Crippen LogP contribution < -0.4 is 5.73 Å². The zero-order chi connectivity index (χ0) is 17.7. The lowest BCUT2D eigenvalue weighted by molar-refractivity contribution is -0.132. The van der Waals surface area contributed by atoms with E-state index in [0.717, 1.165) is 0 Å². The number of nitrogens with zero attached hydrogens (tertiary/aromatic N) is 3. The molecular formula is C16H13ClN4O3. The average molecular weight is 345 g/mol. The number of carboxylic acid groups (broad SMARTS) is 1. The molecule has 0 bridgehead atoms. The van der Waals surface area contributed by atoms with Crippen molar-refractivity contribution in [2.24, 2.45) is 5.73 Å². The summed E-state index contributed by atoms with van der Waals surface area (Å²) in [5.74, 6) is -1.81. The molecule has 1 aromatic heterocycles. The molecule has 3 N–H and O–H groups in total. The topological polar surface area (TPSA) is 122 Å². The number of halogens is 1. The van der Waals surface area contributed by atoms with Gasteiger partial charge in [0.15, 0.2) is 0 Å². The Morgan fingerprint density at radius 3 is 2.79 bits per heavy atom. The smallest absolute Gasteiger partial charge is 0.346 e. The van der Waals surface area contributed by atoms with Crippen LogP contribution in [0.1, 0.15) is 12.0 Å². The Bertz CT molecular complexity index is 864. The van der Waals surface area contributed by atoms with Gasteiger partial charge in [0.2, 0.25) is 5.91 Å². The van der Waals surface area contributed by atoms with E-state index < -0.39 is 17.4 Å². The standard InChI is InChI=1S/C16H13ClN4O3/c17-13-3-1-2-10(7-13)15-12(6-11(8-18)16(23)24)9-21(20-15)5-4-14(19)22/h1-3,6-7,9H,4-5H2,(H2,19,22)(H,23,24). The molecule has 1 aromatic carbocycles. The van der Waals surface area contributed by atoms with E-state index in [2.05, 4.69) is 5.10 Å². The molecule has 2 rings (SSSR count). The maximum absolute atomic E-state index is 11.1. The molecule has 0 spiro atoms. The minimum Gasteiger partial charge on any atom is -0.477 e. The van der Waals surface area contributed by atoms with Crippen molar-refractivity contribution in [2.45, 2.75) is 13.0 Å². The van der Waals surface area contributed by atoms with Crippen molar-refractivity contribution in [3.8, 4) is 17.3 Å². The Morgan fingerprint density at radius 2 is 2.21 bits per heavy atom. The fourth-order valence-electron chi connectivity index (χ4n) is 2.04. The summed E-state index contributed by atoms with van der Waals surface area (Å²) in [6, 6.07) is 8.49. The molecular weight excluding hydrogens is 332 g/mol. The number of aliphatic carboxylic acids is 1. The summed E-state index contributed by atoms with van der Waals surface area (Å²) in [5, 5.41) is 22.8. The van der Waals surface area contributed by atoms with Gasteiger partial charge in [-0.2, -0.15) is 10.4 Å². The molecule has 0 radical (unpaired) electrons. The highest BCUT2D eigenvalue weighted by atomic mass is 35.5. The van der Waals surface area contributed by atoms with Crippen LogP contribution in [0, 0.1) is 11.3 Å². The lowest BCUT2D eigenvalue weighted by atomic mass is 10.1. The monoisotopic (exact) mass is 344 g/mol. The van der Waals surface area contributed by atoms with Crippen molar-refractivity contribution in [1.82, 2.24) is 9.78 Å². The lowest BCUT2D eigenvalue weighted by Crippen LogP contribution is -2.14. The quantitative estimate of drug-likeness (QED) is 0.613. The van der Waals surface area contributed by atoms with Gasteiger partial charge in [-0.25, -0.2) is 4.79 Å². The second-order valence-electron chi connectivity index (χ2n) is 4.90. The number of benzene rings is 1. The first-order valence-electron chi connectivity index (χ1n) is 6.87. The summed E-state index contributed by atoms with van der Waals surface area (Å²) < 4.78 is 1.48. The largest absolute Gasteiger partial charge is 0.477 e. The number of carbonyl (C=O) groups excluding carboxylic acids is 1. The fourth-order valence-corrected chi connectivity index (χ4v) is 2.23. The van der Waals surface area contributed by atoms with Crippen LogP contribution in [0.15, 0.2) is 36.0 Å². The van der Waals surface area contributed by atoms with Gasteiger partial charge in [0.1, 0.15) is 11.6 Å². The van der Waals surface area contributed by atoms with Gasteiger partial charge in [-0.1, -0.05) is 23.7 Å². The maximum Gasteiger partial charge on any atom is 0.346 e. The van der Waals surface area contributed by atoms with Crippen LogP contribution in [0.2, 0.25) is 5.02 Å². The molecule has 0 aliphatic carbocycles. The summed E-state index contributed by atoms with van der Waals surface area (Å²) in [6.07, 6.45) is 2.87. The minimum absolute atomic E-state index is 0.0872. The minimum atomic E-state index is -1.33. The lowest BCUT2D eigenvalue weighted by Gasteiger charge is -2.00. The van der Waals surface area contributed by atoms with Gasteiger partial charge >= 0.3 is 5.97 Å². The number of amides is 1. The van der Waals surface area contributed by atoms with Crippen LogP contribution >= 0.6 is 11.6 Å². The van der Waals surface area contributed by atoms with Gasteiger partial charge in [0.25, 0.3) is 0 Å². The van der Waals surface area contributed by atoms with Crippen LogP contribution in [0.3, 0.4) is 0 Å². The van der Waals surface area contributed by atoms with E-state index in [1.807, 2.05) is 0 Å². The molecule has 122 valence electrons. The number of rotatable bonds is 6. The Balaban J connectivity index is 2.52. The molecule has 0 aliphatic heterocycles. The molecule has 0 aliphatic rings. The van der Waals surface area contributed by atoms with E-state index in [1.54, 1.807) is 36.5 Å². The van der Waals surface area contributed by atoms with Gasteiger partial charge < -0.3 is 10.8 Å². The molecule has 8 heteroatoms. The Kier molecular flexibility index (Phi) is 5.35. The molecule has 0 unspecified atom stereocenters. The number of hydrogen-bond donors (Lipinski definition) is 2. The second-order valence-corrected chi connectivity index (χ2v) is 5.33. The average Bonchev–Trinajstić information content (AvgIpc) is 2.93. The number of hydrogen-bond acceptors (Lipinski definition) is 4. The number of nitrogens with two attached hydrogens (primary N) is 1. The Hall–Kier alpha value is -3.11. The van der Waals surface area contributed by atoms with E-state index in [1.165, 1.54) is 10.8 Å². The van der Waals surface area contributed by atoms with Crippen molar-refractivity contribution in [1.29, 1.82) is 5.26 Å². The zero-order valence-corrected chi connectivity index (χ0v) is 13.2. The number of primary amides is 1. The number of aromatic nitrogens is 2.